The van der Waals surface area contributed by atoms with Gasteiger partial charge in [-0.15, -0.1) is 0 Å². The van der Waals surface area contributed by atoms with E-state index in [0.717, 1.165) is 5.56 Å². The number of hydrogen-bond donors (Lipinski definition) is 1. The van der Waals surface area contributed by atoms with Crippen LogP contribution in [-0.2, 0) is 17.1 Å². The number of halogens is 1. The predicted molar refractivity (Wildman–Crippen MR) is 82.4 cm³/mol. The molecule has 1 aromatic carbocycles. The Balaban J connectivity index is 2.41. The van der Waals surface area contributed by atoms with Crippen molar-refractivity contribution in [3.05, 3.63) is 41.0 Å². The first-order valence-electron chi connectivity index (χ1n) is 6.26. The van der Waals surface area contributed by atoms with Gasteiger partial charge >= 0.3 is 0 Å². The van der Waals surface area contributed by atoms with Crippen molar-refractivity contribution in [2.45, 2.75) is 17.9 Å². The van der Waals surface area contributed by atoms with E-state index in [1.807, 2.05) is 6.07 Å². The SMILES string of the molecule is CC(c1ccccc1Cl)N(C)S(=O)(=O)c1cn(C)nc1N. The van der Waals surface area contributed by atoms with Crippen molar-refractivity contribution in [1.29, 1.82) is 0 Å². The molecule has 1 aromatic heterocycles. The molecule has 0 amide bonds. The molecule has 1 atom stereocenters. The van der Waals surface area contributed by atoms with Crippen LogP contribution >= 0.6 is 11.6 Å². The van der Waals surface area contributed by atoms with Crippen LogP contribution in [0.15, 0.2) is 35.4 Å². The summed E-state index contributed by atoms with van der Waals surface area (Å²) in [6.45, 7) is 1.77. The van der Waals surface area contributed by atoms with Crippen LogP contribution in [0.2, 0.25) is 5.02 Å². The summed E-state index contributed by atoms with van der Waals surface area (Å²) in [5.41, 5.74) is 6.40. The van der Waals surface area contributed by atoms with Crippen molar-refractivity contribution < 1.29 is 8.42 Å². The molecule has 8 heteroatoms. The number of aromatic nitrogens is 2. The number of anilines is 1. The van der Waals surface area contributed by atoms with E-state index in [-0.39, 0.29) is 10.7 Å². The molecule has 6 nitrogen and oxygen atoms in total. The Hall–Kier alpha value is -1.57. The van der Waals surface area contributed by atoms with Gasteiger partial charge in [-0.2, -0.15) is 9.40 Å². The maximum absolute atomic E-state index is 12.6. The fraction of sp³-hybridized carbons (Fsp3) is 0.308. The number of nitrogen functional groups attached to an aromatic ring is 1. The molecule has 0 saturated carbocycles. The van der Waals surface area contributed by atoms with Crippen molar-refractivity contribution in [1.82, 2.24) is 14.1 Å². The minimum absolute atomic E-state index is 0.00796. The third-order valence-electron chi connectivity index (χ3n) is 3.38. The highest BCUT2D eigenvalue weighted by atomic mass is 35.5. The van der Waals surface area contributed by atoms with Gasteiger partial charge in [-0.1, -0.05) is 29.8 Å². The average molecular weight is 329 g/mol. The monoisotopic (exact) mass is 328 g/mol. The third-order valence-corrected chi connectivity index (χ3v) is 5.67. The lowest BCUT2D eigenvalue weighted by molar-refractivity contribution is 0.398. The van der Waals surface area contributed by atoms with E-state index in [9.17, 15) is 8.42 Å². The number of nitrogens with two attached hydrogens (primary N) is 1. The zero-order chi connectivity index (χ0) is 15.8. The van der Waals surface area contributed by atoms with Crippen LogP contribution in [0.25, 0.3) is 0 Å². The van der Waals surface area contributed by atoms with Gasteiger partial charge in [-0.05, 0) is 18.6 Å². The molecule has 0 fully saturated rings. The standard InChI is InChI=1S/C13H17ClN4O2S/c1-9(10-6-4-5-7-11(10)14)18(3)21(19,20)12-8-17(2)16-13(12)15/h4-9H,1-3H3,(H2,15,16). The summed E-state index contributed by atoms with van der Waals surface area (Å²) in [5.74, 6) is -0.0179. The van der Waals surface area contributed by atoms with Gasteiger partial charge in [-0.3, -0.25) is 4.68 Å². The normalized spacial score (nSPS) is 13.6. The van der Waals surface area contributed by atoms with Crippen molar-refractivity contribution >= 4 is 27.4 Å². The molecule has 0 aliphatic carbocycles. The summed E-state index contributed by atoms with van der Waals surface area (Å²) >= 11 is 6.13. The number of sulfonamides is 1. The molecule has 21 heavy (non-hydrogen) atoms. The minimum atomic E-state index is -3.75. The van der Waals surface area contributed by atoms with Gasteiger partial charge in [0.25, 0.3) is 0 Å². The second kappa shape index (κ2) is 5.67. The lowest BCUT2D eigenvalue weighted by Gasteiger charge is -2.24. The highest BCUT2D eigenvalue weighted by Gasteiger charge is 2.30. The molecular weight excluding hydrogens is 312 g/mol. The predicted octanol–water partition coefficient (Wildman–Crippen LogP) is 2.04. The zero-order valence-electron chi connectivity index (χ0n) is 12.0. The van der Waals surface area contributed by atoms with Crippen LogP contribution in [0.4, 0.5) is 5.82 Å². The average Bonchev–Trinajstić information content (AvgIpc) is 2.77. The number of aryl methyl sites for hydroxylation is 1. The highest BCUT2D eigenvalue weighted by Crippen LogP contribution is 2.31. The topological polar surface area (TPSA) is 81.2 Å². The number of rotatable bonds is 4. The summed E-state index contributed by atoms with van der Waals surface area (Å²) in [7, 11) is -0.633. The van der Waals surface area contributed by atoms with E-state index in [1.54, 1.807) is 32.2 Å². The molecule has 0 radical (unpaired) electrons. The fourth-order valence-corrected chi connectivity index (χ4v) is 3.78. The number of hydrogen-bond acceptors (Lipinski definition) is 4. The largest absolute Gasteiger partial charge is 0.381 e. The molecule has 0 spiro atoms. The summed E-state index contributed by atoms with van der Waals surface area (Å²) in [6.07, 6.45) is 1.39. The molecule has 2 rings (SSSR count). The number of benzene rings is 1. The molecule has 2 aromatic rings. The quantitative estimate of drug-likeness (QED) is 0.931. The van der Waals surface area contributed by atoms with Gasteiger partial charge in [0.05, 0.1) is 0 Å². The van der Waals surface area contributed by atoms with Crippen LogP contribution < -0.4 is 5.73 Å². The Kier molecular flexibility index (Phi) is 4.27. The van der Waals surface area contributed by atoms with Crippen LogP contribution in [-0.4, -0.2) is 29.6 Å². The highest BCUT2D eigenvalue weighted by molar-refractivity contribution is 7.89. The smallest absolute Gasteiger partial charge is 0.248 e. The molecular formula is C13H17ClN4O2S. The van der Waals surface area contributed by atoms with Crippen molar-refractivity contribution in [3.63, 3.8) is 0 Å². The van der Waals surface area contributed by atoms with Crippen molar-refractivity contribution in [2.24, 2.45) is 7.05 Å². The molecule has 0 aliphatic heterocycles. The summed E-state index contributed by atoms with van der Waals surface area (Å²) in [5, 5.41) is 4.39. The van der Waals surface area contributed by atoms with Crippen LogP contribution in [0.1, 0.15) is 18.5 Å². The van der Waals surface area contributed by atoms with Gasteiger partial charge in [0.1, 0.15) is 4.90 Å². The maximum Gasteiger partial charge on any atom is 0.248 e. The van der Waals surface area contributed by atoms with Crippen LogP contribution in [0, 0.1) is 0 Å². The molecule has 0 aliphatic rings. The minimum Gasteiger partial charge on any atom is -0.381 e. The molecule has 2 N–H and O–H groups in total. The van der Waals surface area contributed by atoms with Gasteiger partial charge in [-0.25, -0.2) is 8.42 Å². The molecule has 0 bridgehead atoms. The second-order valence-electron chi connectivity index (χ2n) is 4.77. The van der Waals surface area contributed by atoms with Gasteiger partial charge < -0.3 is 5.73 Å². The van der Waals surface area contributed by atoms with E-state index < -0.39 is 16.1 Å². The van der Waals surface area contributed by atoms with Gasteiger partial charge in [0.15, 0.2) is 5.82 Å². The first-order valence-corrected chi connectivity index (χ1v) is 8.08. The Morgan fingerprint density at radius 1 is 1.38 bits per heavy atom. The van der Waals surface area contributed by atoms with Crippen molar-refractivity contribution in [2.75, 3.05) is 12.8 Å². The van der Waals surface area contributed by atoms with Crippen molar-refractivity contribution in [3.8, 4) is 0 Å². The molecule has 1 unspecified atom stereocenters. The third kappa shape index (κ3) is 2.90. The Morgan fingerprint density at radius 2 is 2.00 bits per heavy atom. The maximum atomic E-state index is 12.6. The first-order chi connectivity index (χ1) is 9.75. The van der Waals surface area contributed by atoms with E-state index in [2.05, 4.69) is 5.10 Å². The van der Waals surface area contributed by atoms with Crippen LogP contribution in [0.3, 0.4) is 0 Å². The van der Waals surface area contributed by atoms with E-state index in [0.29, 0.717) is 5.02 Å². The Labute approximate surface area is 129 Å². The molecule has 0 saturated heterocycles. The zero-order valence-corrected chi connectivity index (χ0v) is 13.6. The molecule has 1 heterocycles. The molecule has 114 valence electrons. The summed E-state index contributed by atoms with van der Waals surface area (Å²) < 4.78 is 27.9. The Morgan fingerprint density at radius 3 is 2.52 bits per heavy atom. The summed E-state index contributed by atoms with van der Waals surface area (Å²) in [6, 6.07) is 6.71. The van der Waals surface area contributed by atoms with Gasteiger partial charge in [0.2, 0.25) is 10.0 Å². The second-order valence-corrected chi connectivity index (χ2v) is 7.14. The van der Waals surface area contributed by atoms with E-state index in [1.165, 1.54) is 22.2 Å². The fourth-order valence-electron chi connectivity index (χ4n) is 2.06. The van der Waals surface area contributed by atoms with E-state index >= 15 is 0 Å². The van der Waals surface area contributed by atoms with Crippen LogP contribution in [0.5, 0.6) is 0 Å². The number of nitrogens with zero attached hydrogens (tertiary/aromatic N) is 3. The lowest BCUT2D eigenvalue weighted by atomic mass is 10.1. The lowest BCUT2D eigenvalue weighted by Crippen LogP contribution is -2.30. The first kappa shape index (κ1) is 15.8. The van der Waals surface area contributed by atoms with Gasteiger partial charge in [0, 0.05) is 31.4 Å². The van der Waals surface area contributed by atoms with E-state index in [4.69, 9.17) is 17.3 Å². The summed E-state index contributed by atoms with van der Waals surface area (Å²) in [4.78, 5) is -0.00796. The Bertz CT molecular complexity index is 757.